The molecule has 0 radical (unpaired) electrons. The lowest BCUT2D eigenvalue weighted by Crippen LogP contribution is -2.29. The van der Waals surface area contributed by atoms with Crippen LogP contribution in [-0.2, 0) is 18.4 Å². The van der Waals surface area contributed by atoms with Crippen LogP contribution in [0.1, 0.15) is 5.56 Å². The van der Waals surface area contributed by atoms with Gasteiger partial charge in [-0.1, -0.05) is 18.2 Å². The molecule has 0 fully saturated rings. The quantitative estimate of drug-likeness (QED) is 0.453. The zero-order chi connectivity index (χ0) is 21.3. The van der Waals surface area contributed by atoms with Gasteiger partial charge in [0.05, 0.1) is 18.5 Å². The van der Waals surface area contributed by atoms with Crippen molar-refractivity contribution in [2.45, 2.75) is 6.61 Å². The lowest BCUT2D eigenvalue weighted by Gasteiger charge is -2.15. The topological polar surface area (TPSA) is 108 Å². The van der Waals surface area contributed by atoms with Crippen LogP contribution < -0.4 is 5.32 Å². The Balaban J connectivity index is 1.64. The van der Waals surface area contributed by atoms with Crippen molar-refractivity contribution >= 4 is 34.0 Å². The van der Waals surface area contributed by atoms with Gasteiger partial charge in [-0.15, -0.1) is 0 Å². The molecular formula is C21H24N6O3. The molecule has 4 aromatic rings. The first kappa shape index (κ1) is 19.7. The Morgan fingerprint density at radius 2 is 2.20 bits per heavy atom. The molecule has 156 valence electrons. The monoisotopic (exact) mass is 408 g/mol. The molecule has 0 unspecified atom stereocenters. The van der Waals surface area contributed by atoms with Crippen LogP contribution in [0.5, 0.6) is 0 Å². The SMILES string of the molecule is CNc1nc2[nH]c(-c3cccc(COC(=O)N(C)CCO)c3)cc2c2c1ncn2C. The molecule has 4 rings (SSSR count). The minimum absolute atomic E-state index is 0.102. The maximum absolute atomic E-state index is 11.9. The van der Waals surface area contributed by atoms with E-state index in [1.807, 2.05) is 42.9 Å². The molecule has 3 heterocycles. The number of carbonyl (C=O) groups is 1. The zero-order valence-corrected chi connectivity index (χ0v) is 17.1. The number of aromatic nitrogens is 4. The standard InChI is InChI=1S/C21H24N6O3/c1-22-20-17-18(27(3)12-23-17)15-10-16(24-19(15)25-20)14-6-4-5-13(9-14)11-30-21(29)26(2)7-8-28/h4-6,9-10,12,28H,7-8,11H2,1-3H3,(H2,22,24,25). The first-order valence-corrected chi connectivity index (χ1v) is 9.61. The van der Waals surface area contributed by atoms with Crippen molar-refractivity contribution in [1.29, 1.82) is 0 Å². The van der Waals surface area contributed by atoms with Crippen molar-refractivity contribution in [2.24, 2.45) is 7.05 Å². The van der Waals surface area contributed by atoms with Gasteiger partial charge in [0.25, 0.3) is 0 Å². The van der Waals surface area contributed by atoms with Crippen molar-refractivity contribution in [3.63, 3.8) is 0 Å². The van der Waals surface area contributed by atoms with Crippen LogP contribution in [0.25, 0.3) is 33.3 Å². The van der Waals surface area contributed by atoms with Crippen molar-refractivity contribution in [2.75, 3.05) is 32.6 Å². The molecule has 0 spiro atoms. The Morgan fingerprint density at radius 3 is 2.97 bits per heavy atom. The van der Waals surface area contributed by atoms with Crippen molar-refractivity contribution in [3.05, 3.63) is 42.2 Å². The molecule has 0 aliphatic rings. The fourth-order valence-electron chi connectivity index (χ4n) is 3.45. The summed E-state index contributed by atoms with van der Waals surface area (Å²) < 4.78 is 7.30. The summed E-state index contributed by atoms with van der Waals surface area (Å²) in [5.74, 6) is 0.721. The number of aryl methyl sites for hydroxylation is 1. The second kappa shape index (κ2) is 8.03. The molecule has 0 aliphatic heterocycles. The predicted molar refractivity (Wildman–Crippen MR) is 115 cm³/mol. The number of pyridine rings is 1. The highest BCUT2D eigenvalue weighted by Gasteiger charge is 2.15. The highest BCUT2D eigenvalue weighted by atomic mass is 16.6. The molecule has 1 aromatic carbocycles. The summed E-state index contributed by atoms with van der Waals surface area (Å²) in [5, 5.41) is 13.0. The number of carbonyl (C=O) groups excluding carboxylic acids is 1. The van der Waals surface area contributed by atoms with Crippen LogP contribution in [0, 0.1) is 0 Å². The van der Waals surface area contributed by atoms with Gasteiger partial charge in [0, 0.05) is 38.8 Å². The lowest BCUT2D eigenvalue weighted by molar-refractivity contribution is 0.0979. The molecule has 9 heteroatoms. The van der Waals surface area contributed by atoms with E-state index in [0.717, 1.165) is 44.7 Å². The van der Waals surface area contributed by atoms with Crippen LogP contribution in [0.4, 0.5) is 10.6 Å². The number of benzene rings is 1. The number of aliphatic hydroxyl groups excluding tert-OH is 1. The summed E-state index contributed by atoms with van der Waals surface area (Å²) in [6.45, 7) is 0.281. The van der Waals surface area contributed by atoms with E-state index in [1.165, 1.54) is 4.90 Å². The number of ether oxygens (including phenoxy) is 1. The number of hydrogen-bond acceptors (Lipinski definition) is 6. The first-order chi connectivity index (χ1) is 14.5. The lowest BCUT2D eigenvalue weighted by atomic mass is 10.1. The Morgan fingerprint density at radius 1 is 1.37 bits per heavy atom. The number of nitrogens with one attached hydrogen (secondary N) is 2. The van der Waals surface area contributed by atoms with Crippen LogP contribution in [0.2, 0.25) is 0 Å². The van der Waals surface area contributed by atoms with E-state index in [2.05, 4.69) is 26.3 Å². The Hall–Kier alpha value is -3.59. The van der Waals surface area contributed by atoms with Crippen molar-refractivity contribution in [1.82, 2.24) is 24.4 Å². The maximum atomic E-state index is 11.9. The fourth-order valence-corrected chi connectivity index (χ4v) is 3.45. The predicted octanol–water partition coefficient (Wildman–Crippen LogP) is 2.72. The number of anilines is 1. The van der Waals surface area contributed by atoms with Gasteiger partial charge in [-0.05, 0) is 23.3 Å². The number of aliphatic hydroxyl groups is 1. The van der Waals surface area contributed by atoms with E-state index in [-0.39, 0.29) is 19.8 Å². The van der Waals surface area contributed by atoms with E-state index in [9.17, 15) is 4.79 Å². The summed E-state index contributed by atoms with van der Waals surface area (Å²) in [6, 6.07) is 9.86. The van der Waals surface area contributed by atoms with Gasteiger partial charge in [-0.2, -0.15) is 0 Å². The Labute approximate surface area is 173 Å². The molecule has 0 saturated heterocycles. The third kappa shape index (κ3) is 3.55. The second-order valence-corrected chi connectivity index (χ2v) is 7.11. The van der Waals surface area contributed by atoms with Crippen LogP contribution in [0.15, 0.2) is 36.7 Å². The number of hydrogen-bond donors (Lipinski definition) is 3. The summed E-state index contributed by atoms with van der Waals surface area (Å²) >= 11 is 0. The normalized spacial score (nSPS) is 11.2. The molecule has 9 nitrogen and oxygen atoms in total. The van der Waals surface area contributed by atoms with Crippen molar-refractivity contribution < 1.29 is 14.6 Å². The minimum atomic E-state index is -0.470. The summed E-state index contributed by atoms with van der Waals surface area (Å²) in [6.07, 6.45) is 1.31. The molecule has 1 amide bonds. The molecule has 3 N–H and O–H groups in total. The van der Waals surface area contributed by atoms with Crippen LogP contribution in [0.3, 0.4) is 0 Å². The van der Waals surface area contributed by atoms with Gasteiger partial charge in [-0.3, -0.25) is 0 Å². The third-order valence-electron chi connectivity index (χ3n) is 5.02. The molecule has 3 aromatic heterocycles. The van der Waals surface area contributed by atoms with Crippen LogP contribution >= 0.6 is 0 Å². The average Bonchev–Trinajstić information content (AvgIpc) is 3.35. The summed E-state index contributed by atoms with van der Waals surface area (Å²) in [4.78, 5) is 25.8. The second-order valence-electron chi connectivity index (χ2n) is 7.11. The number of amides is 1. The van der Waals surface area contributed by atoms with E-state index in [0.29, 0.717) is 0 Å². The van der Waals surface area contributed by atoms with E-state index >= 15 is 0 Å². The molecule has 0 atom stereocenters. The zero-order valence-electron chi connectivity index (χ0n) is 17.1. The number of H-pyrrole nitrogens is 1. The van der Waals surface area contributed by atoms with Crippen molar-refractivity contribution in [3.8, 4) is 11.3 Å². The molecule has 0 bridgehead atoms. The van der Waals surface area contributed by atoms with E-state index in [4.69, 9.17) is 9.84 Å². The molecular weight excluding hydrogens is 384 g/mol. The van der Waals surface area contributed by atoms with Gasteiger partial charge < -0.3 is 29.6 Å². The molecule has 0 aliphatic carbocycles. The first-order valence-electron chi connectivity index (χ1n) is 9.61. The fraction of sp³-hybridized carbons (Fsp3) is 0.286. The van der Waals surface area contributed by atoms with Gasteiger partial charge in [0.1, 0.15) is 17.8 Å². The number of fused-ring (bicyclic) bond motifs is 3. The van der Waals surface area contributed by atoms with E-state index < -0.39 is 6.09 Å². The Bertz CT molecular complexity index is 1210. The summed E-state index contributed by atoms with van der Waals surface area (Å²) in [7, 11) is 5.38. The highest BCUT2D eigenvalue weighted by Crippen LogP contribution is 2.31. The smallest absolute Gasteiger partial charge is 0.409 e. The highest BCUT2D eigenvalue weighted by molar-refractivity contribution is 6.07. The number of imidazole rings is 1. The van der Waals surface area contributed by atoms with Gasteiger partial charge in [0.2, 0.25) is 0 Å². The Kier molecular flexibility index (Phi) is 5.28. The largest absolute Gasteiger partial charge is 0.445 e. The molecule has 0 saturated carbocycles. The third-order valence-corrected chi connectivity index (χ3v) is 5.02. The molecule has 30 heavy (non-hydrogen) atoms. The van der Waals surface area contributed by atoms with E-state index in [1.54, 1.807) is 13.4 Å². The number of rotatable bonds is 6. The van der Waals surface area contributed by atoms with Gasteiger partial charge >= 0.3 is 6.09 Å². The minimum Gasteiger partial charge on any atom is -0.445 e. The maximum Gasteiger partial charge on any atom is 0.409 e. The van der Waals surface area contributed by atoms with Gasteiger partial charge in [-0.25, -0.2) is 14.8 Å². The average molecular weight is 408 g/mol. The summed E-state index contributed by atoms with van der Waals surface area (Å²) in [5.41, 5.74) is 5.35. The van der Waals surface area contributed by atoms with Gasteiger partial charge in [0.15, 0.2) is 5.82 Å². The number of nitrogens with zero attached hydrogens (tertiary/aromatic N) is 4. The van der Waals surface area contributed by atoms with Crippen LogP contribution in [-0.4, -0.2) is 62.9 Å². The number of aromatic amines is 1. The number of likely N-dealkylation sites (N-methyl/N-ethyl adjacent to an activating group) is 1.